The average Bonchev–Trinajstić information content (AvgIpc) is 2.92. The predicted octanol–water partition coefficient (Wildman–Crippen LogP) is 3.04. The normalized spacial score (nSPS) is 14.2. The highest BCUT2D eigenvalue weighted by Crippen LogP contribution is 2.32. The maximum Gasteiger partial charge on any atom is 0.264 e. The number of anilines is 1. The van der Waals surface area contributed by atoms with Crippen molar-refractivity contribution in [2.45, 2.75) is 18.0 Å². The summed E-state index contributed by atoms with van der Waals surface area (Å²) in [6, 6.07) is 22.9. The molecular formula is C27H31N3O5S. The van der Waals surface area contributed by atoms with Gasteiger partial charge in [0.25, 0.3) is 10.0 Å². The van der Waals surface area contributed by atoms with E-state index < -0.39 is 15.9 Å². The van der Waals surface area contributed by atoms with Crippen molar-refractivity contribution >= 4 is 21.6 Å². The van der Waals surface area contributed by atoms with Crippen molar-refractivity contribution in [1.82, 2.24) is 10.2 Å². The number of rotatable bonds is 10. The Kier molecular flexibility index (Phi) is 8.58. The minimum Gasteiger partial charge on any atom is -0.495 e. The van der Waals surface area contributed by atoms with Gasteiger partial charge in [-0.15, -0.1) is 0 Å². The molecule has 4 rings (SSSR count). The number of sulfonamides is 1. The lowest BCUT2D eigenvalue weighted by molar-refractivity contribution is -0.119. The standard InChI is InChI=1S/C27H31N3O5S/c1-34-26-13-6-5-12-25(26)30(36(32,33)24-10-3-2-4-11-24)21-27(31)28-19-22-8-7-9-23(18-22)20-29-14-16-35-17-15-29/h2-13,18H,14-17,19-21H2,1H3,(H,28,31). The average molecular weight is 510 g/mol. The van der Waals surface area contributed by atoms with E-state index in [0.29, 0.717) is 18.0 Å². The van der Waals surface area contributed by atoms with Gasteiger partial charge in [-0.2, -0.15) is 0 Å². The number of para-hydroxylation sites is 2. The smallest absolute Gasteiger partial charge is 0.264 e. The monoisotopic (exact) mass is 509 g/mol. The van der Waals surface area contributed by atoms with Crippen molar-refractivity contribution in [2.24, 2.45) is 0 Å². The molecule has 0 atom stereocenters. The third-order valence-electron chi connectivity index (χ3n) is 5.96. The molecule has 0 bridgehead atoms. The molecule has 0 unspecified atom stereocenters. The van der Waals surface area contributed by atoms with Crippen LogP contribution in [0.5, 0.6) is 5.75 Å². The van der Waals surface area contributed by atoms with E-state index >= 15 is 0 Å². The number of methoxy groups -OCH3 is 1. The van der Waals surface area contributed by atoms with Crippen LogP contribution in [0.15, 0.2) is 83.8 Å². The van der Waals surface area contributed by atoms with Crippen molar-refractivity contribution < 1.29 is 22.7 Å². The number of carbonyl (C=O) groups excluding carboxylic acids is 1. The number of carbonyl (C=O) groups is 1. The van der Waals surface area contributed by atoms with Crippen molar-refractivity contribution in [2.75, 3.05) is 44.3 Å². The van der Waals surface area contributed by atoms with Gasteiger partial charge in [-0.1, -0.05) is 54.6 Å². The van der Waals surface area contributed by atoms with Crippen molar-refractivity contribution in [3.05, 3.63) is 90.0 Å². The molecule has 1 saturated heterocycles. The highest BCUT2D eigenvalue weighted by Gasteiger charge is 2.29. The summed E-state index contributed by atoms with van der Waals surface area (Å²) in [5.74, 6) is -0.0559. The summed E-state index contributed by atoms with van der Waals surface area (Å²) < 4.78 is 38.9. The fourth-order valence-electron chi connectivity index (χ4n) is 4.10. The van der Waals surface area contributed by atoms with Gasteiger partial charge in [0.05, 0.1) is 30.9 Å². The highest BCUT2D eigenvalue weighted by atomic mass is 32.2. The Bertz CT molecular complexity index is 1260. The summed E-state index contributed by atoms with van der Waals surface area (Å²) in [6.07, 6.45) is 0. The van der Waals surface area contributed by atoms with Crippen molar-refractivity contribution in [1.29, 1.82) is 0 Å². The van der Waals surface area contributed by atoms with Crippen LogP contribution in [0.1, 0.15) is 11.1 Å². The molecule has 190 valence electrons. The second-order valence-electron chi connectivity index (χ2n) is 8.48. The van der Waals surface area contributed by atoms with Crippen LogP contribution in [0.4, 0.5) is 5.69 Å². The third kappa shape index (κ3) is 6.42. The zero-order valence-corrected chi connectivity index (χ0v) is 21.1. The van der Waals surface area contributed by atoms with E-state index in [1.807, 2.05) is 12.1 Å². The first-order chi connectivity index (χ1) is 17.5. The van der Waals surface area contributed by atoms with Gasteiger partial charge < -0.3 is 14.8 Å². The molecule has 0 aliphatic carbocycles. The van der Waals surface area contributed by atoms with Gasteiger partial charge in [0.2, 0.25) is 5.91 Å². The zero-order chi connectivity index (χ0) is 25.4. The minimum atomic E-state index is -4.01. The fraction of sp³-hybridized carbons (Fsp3) is 0.296. The molecule has 3 aromatic rings. The van der Waals surface area contributed by atoms with Crippen molar-refractivity contribution in [3.63, 3.8) is 0 Å². The summed E-state index contributed by atoms with van der Waals surface area (Å²) in [5, 5.41) is 2.87. The van der Waals surface area contributed by atoms with Gasteiger partial charge in [0.1, 0.15) is 12.3 Å². The molecule has 1 aliphatic rings. The van der Waals surface area contributed by atoms with E-state index in [9.17, 15) is 13.2 Å². The fourth-order valence-corrected chi connectivity index (χ4v) is 5.55. The predicted molar refractivity (Wildman–Crippen MR) is 138 cm³/mol. The van der Waals surface area contributed by atoms with Crippen LogP contribution >= 0.6 is 0 Å². The van der Waals surface area contributed by atoms with E-state index in [0.717, 1.165) is 48.3 Å². The maximum atomic E-state index is 13.5. The van der Waals surface area contributed by atoms with Gasteiger partial charge in [-0.05, 0) is 35.4 Å². The van der Waals surface area contributed by atoms with E-state index in [-0.39, 0.29) is 11.4 Å². The molecule has 3 aromatic carbocycles. The van der Waals surface area contributed by atoms with Gasteiger partial charge >= 0.3 is 0 Å². The molecule has 1 amide bonds. The lowest BCUT2D eigenvalue weighted by Gasteiger charge is -2.26. The molecule has 1 N–H and O–H groups in total. The summed E-state index contributed by atoms with van der Waals surface area (Å²) in [4.78, 5) is 15.4. The Labute approximate surface area is 212 Å². The second kappa shape index (κ2) is 12.0. The number of amides is 1. The van der Waals surface area contributed by atoms with Crippen LogP contribution in [-0.2, 0) is 32.6 Å². The van der Waals surface area contributed by atoms with Crippen LogP contribution in [-0.4, -0.2) is 59.2 Å². The van der Waals surface area contributed by atoms with Crippen LogP contribution in [0.3, 0.4) is 0 Å². The molecule has 1 aliphatic heterocycles. The minimum absolute atomic E-state index is 0.0968. The van der Waals surface area contributed by atoms with Crippen LogP contribution in [0.2, 0.25) is 0 Å². The topological polar surface area (TPSA) is 88.2 Å². The molecule has 1 heterocycles. The van der Waals surface area contributed by atoms with E-state index in [1.54, 1.807) is 42.5 Å². The number of ether oxygens (including phenoxy) is 2. The molecule has 0 aromatic heterocycles. The SMILES string of the molecule is COc1ccccc1N(CC(=O)NCc1cccc(CN2CCOCC2)c1)S(=O)(=O)c1ccccc1. The molecule has 0 radical (unpaired) electrons. The summed E-state index contributed by atoms with van der Waals surface area (Å²) in [6.45, 7) is 4.01. The number of hydrogen-bond acceptors (Lipinski definition) is 6. The van der Waals surface area contributed by atoms with Crippen molar-refractivity contribution in [3.8, 4) is 5.75 Å². The first kappa shape index (κ1) is 25.7. The van der Waals surface area contributed by atoms with E-state index in [2.05, 4.69) is 22.3 Å². The second-order valence-corrected chi connectivity index (χ2v) is 10.3. The van der Waals surface area contributed by atoms with Crippen LogP contribution < -0.4 is 14.4 Å². The molecule has 0 saturated carbocycles. The van der Waals surface area contributed by atoms with Crippen LogP contribution in [0.25, 0.3) is 0 Å². The lowest BCUT2D eigenvalue weighted by Crippen LogP contribution is -2.40. The van der Waals surface area contributed by atoms with Gasteiger partial charge in [-0.3, -0.25) is 14.0 Å². The van der Waals surface area contributed by atoms with Gasteiger partial charge in [-0.25, -0.2) is 8.42 Å². The molecule has 9 heteroatoms. The summed E-state index contributed by atoms with van der Waals surface area (Å²) >= 11 is 0. The molecule has 1 fully saturated rings. The maximum absolute atomic E-state index is 13.5. The largest absolute Gasteiger partial charge is 0.495 e. The third-order valence-corrected chi connectivity index (χ3v) is 7.74. The van der Waals surface area contributed by atoms with Gasteiger partial charge in [0, 0.05) is 26.2 Å². The van der Waals surface area contributed by atoms with E-state index in [4.69, 9.17) is 9.47 Å². The first-order valence-electron chi connectivity index (χ1n) is 11.8. The molecular weight excluding hydrogens is 478 g/mol. The molecule has 36 heavy (non-hydrogen) atoms. The van der Waals surface area contributed by atoms with Gasteiger partial charge in [0.15, 0.2) is 0 Å². The Morgan fingerprint density at radius 3 is 2.42 bits per heavy atom. The Morgan fingerprint density at radius 1 is 0.972 bits per heavy atom. The summed E-state index contributed by atoms with van der Waals surface area (Å²) in [7, 11) is -2.54. The Balaban J connectivity index is 1.48. The van der Waals surface area contributed by atoms with E-state index in [1.165, 1.54) is 19.2 Å². The highest BCUT2D eigenvalue weighted by molar-refractivity contribution is 7.92. The summed E-state index contributed by atoms with van der Waals surface area (Å²) in [5.41, 5.74) is 2.40. The number of hydrogen-bond donors (Lipinski definition) is 1. The first-order valence-corrected chi connectivity index (χ1v) is 13.3. The number of nitrogens with one attached hydrogen (secondary N) is 1. The lowest BCUT2D eigenvalue weighted by atomic mass is 10.1. The van der Waals surface area contributed by atoms with Crippen LogP contribution in [0, 0.1) is 0 Å². The molecule has 8 nitrogen and oxygen atoms in total. The number of nitrogens with zero attached hydrogens (tertiary/aromatic N) is 2. The molecule has 0 spiro atoms. The number of morpholine rings is 1. The Morgan fingerprint density at radius 2 is 1.67 bits per heavy atom. The number of benzene rings is 3. The Hall–Kier alpha value is -3.40. The quantitative estimate of drug-likeness (QED) is 0.452. The zero-order valence-electron chi connectivity index (χ0n) is 20.3.